The zero-order chi connectivity index (χ0) is 20.0. The number of nitrogens with zero attached hydrogens (tertiary/aromatic N) is 1. The summed E-state index contributed by atoms with van der Waals surface area (Å²) in [7, 11) is 1.46. The Morgan fingerprint density at radius 3 is 2.90 bits per heavy atom. The maximum absolute atomic E-state index is 12.6. The molecular weight excluding hydrogens is 368 g/mol. The highest BCUT2D eigenvalue weighted by Crippen LogP contribution is 2.46. The Bertz CT molecular complexity index is 943. The van der Waals surface area contributed by atoms with E-state index in [0.29, 0.717) is 19.1 Å². The van der Waals surface area contributed by atoms with E-state index < -0.39 is 5.79 Å². The molecule has 4 aliphatic rings. The van der Waals surface area contributed by atoms with Crippen molar-refractivity contribution in [1.29, 1.82) is 0 Å². The maximum atomic E-state index is 12.6. The molecule has 6 heteroatoms. The van der Waals surface area contributed by atoms with E-state index in [0.717, 1.165) is 37.0 Å². The van der Waals surface area contributed by atoms with Gasteiger partial charge >= 0.3 is 5.97 Å². The molecule has 0 amide bonds. The number of para-hydroxylation sites is 1. The molecule has 29 heavy (non-hydrogen) atoms. The summed E-state index contributed by atoms with van der Waals surface area (Å²) in [6.07, 6.45) is 6.12. The van der Waals surface area contributed by atoms with E-state index in [-0.39, 0.29) is 17.9 Å². The highest BCUT2D eigenvalue weighted by molar-refractivity contribution is 5.90. The van der Waals surface area contributed by atoms with Crippen LogP contribution in [0, 0.1) is 11.8 Å². The second kappa shape index (κ2) is 7.27. The van der Waals surface area contributed by atoms with Crippen LogP contribution in [0.3, 0.4) is 0 Å². The predicted molar refractivity (Wildman–Crippen MR) is 109 cm³/mol. The number of carbonyl (C=O) groups excluding carboxylic acids is 1. The quantitative estimate of drug-likeness (QED) is 0.788. The average Bonchev–Trinajstić information content (AvgIpc) is 3.38. The van der Waals surface area contributed by atoms with Gasteiger partial charge in [-0.25, -0.2) is 4.79 Å². The lowest BCUT2D eigenvalue weighted by molar-refractivity contribution is -0.207. The number of nitrogens with one attached hydrogen (secondary N) is 1. The lowest BCUT2D eigenvalue weighted by Gasteiger charge is -2.52. The molecule has 3 aliphatic heterocycles. The molecule has 2 aromatic rings. The van der Waals surface area contributed by atoms with E-state index in [9.17, 15) is 4.79 Å². The predicted octanol–water partition coefficient (Wildman–Crippen LogP) is 2.89. The van der Waals surface area contributed by atoms with Gasteiger partial charge in [0, 0.05) is 42.1 Å². The number of aromatic nitrogens is 1. The maximum Gasteiger partial charge on any atom is 0.335 e. The SMILES string of the molecule is COC(=O)C1=C[C@H]2C[C@@H](C3(C)OCCO3)[C@@H]1N(CCc1c[nH]c3ccccc13)C2. The minimum atomic E-state index is -0.643. The summed E-state index contributed by atoms with van der Waals surface area (Å²) >= 11 is 0. The summed E-state index contributed by atoms with van der Waals surface area (Å²) in [6.45, 7) is 5.08. The number of rotatable bonds is 5. The van der Waals surface area contributed by atoms with E-state index >= 15 is 0 Å². The van der Waals surface area contributed by atoms with Crippen LogP contribution in [0.2, 0.25) is 0 Å². The number of piperidine rings is 1. The van der Waals surface area contributed by atoms with E-state index in [1.54, 1.807) is 0 Å². The third kappa shape index (κ3) is 3.19. The summed E-state index contributed by atoms with van der Waals surface area (Å²) < 4.78 is 17.2. The zero-order valence-corrected chi connectivity index (χ0v) is 17.0. The third-order valence-corrected chi connectivity index (χ3v) is 6.83. The summed E-state index contributed by atoms with van der Waals surface area (Å²) in [5.41, 5.74) is 3.23. The van der Waals surface area contributed by atoms with Crippen molar-refractivity contribution < 1.29 is 19.0 Å². The molecule has 2 fully saturated rings. The van der Waals surface area contributed by atoms with Gasteiger partial charge < -0.3 is 19.2 Å². The Morgan fingerprint density at radius 1 is 1.31 bits per heavy atom. The van der Waals surface area contributed by atoms with Gasteiger partial charge in [0.2, 0.25) is 0 Å². The number of ether oxygens (including phenoxy) is 3. The molecule has 0 radical (unpaired) electrons. The molecule has 6 rings (SSSR count). The van der Waals surface area contributed by atoms with E-state index in [1.807, 2.05) is 13.0 Å². The number of benzene rings is 1. The average molecular weight is 396 g/mol. The number of H-pyrrole nitrogens is 1. The van der Waals surface area contributed by atoms with E-state index in [2.05, 4.69) is 40.4 Å². The smallest absolute Gasteiger partial charge is 0.335 e. The van der Waals surface area contributed by atoms with Gasteiger partial charge in [-0.15, -0.1) is 0 Å². The standard InChI is InChI=1S/C23H28N2O4/c1-23(28-9-10-29-23)19-12-15-11-18(22(26)27-2)21(19)25(14-15)8-7-16-13-24-20-6-4-3-5-17(16)20/h3-6,11,13,15,19,21,24H,7-10,12,14H2,1-2H3/t15-,19+,21+/m0/s1. The van der Waals surface area contributed by atoms with Crippen molar-refractivity contribution in [3.63, 3.8) is 0 Å². The molecule has 1 aliphatic carbocycles. The van der Waals surface area contributed by atoms with Crippen molar-refractivity contribution in [2.75, 3.05) is 33.4 Å². The van der Waals surface area contributed by atoms with E-state index in [1.165, 1.54) is 18.1 Å². The van der Waals surface area contributed by atoms with Crippen LogP contribution in [0.5, 0.6) is 0 Å². The number of fused-ring (bicyclic) bond motifs is 3. The molecular formula is C23H28N2O4. The number of carbonyl (C=O) groups is 1. The first-order valence-corrected chi connectivity index (χ1v) is 10.5. The number of methoxy groups -OCH3 is 1. The van der Waals surface area contributed by atoms with Crippen molar-refractivity contribution in [1.82, 2.24) is 9.88 Å². The molecule has 2 bridgehead atoms. The Labute approximate surface area is 170 Å². The second-order valence-electron chi connectivity index (χ2n) is 8.48. The summed E-state index contributed by atoms with van der Waals surface area (Å²) in [4.78, 5) is 18.4. The highest BCUT2D eigenvalue weighted by atomic mass is 16.7. The van der Waals surface area contributed by atoms with E-state index in [4.69, 9.17) is 14.2 Å². The largest absolute Gasteiger partial charge is 0.466 e. The molecule has 1 aromatic heterocycles. The van der Waals surface area contributed by atoms with Gasteiger partial charge in [0.15, 0.2) is 5.79 Å². The molecule has 3 atom stereocenters. The molecule has 2 saturated heterocycles. The van der Waals surface area contributed by atoms with Gasteiger partial charge in [0.1, 0.15) is 0 Å². The fraction of sp³-hybridized carbons (Fsp3) is 0.522. The van der Waals surface area contributed by atoms with Gasteiger partial charge in [-0.1, -0.05) is 24.3 Å². The van der Waals surface area contributed by atoms with Crippen LogP contribution in [0.25, 0.3) is 10.9 Å². The van der Waals surface area contributed by atoms with Crippen LogP contribution in [0.4, 0.5) is 0 Å². The van der Waals surface area contributed by atoms with Crippen LogP contribution in [-0.2, 0) is 25.4 Å². The number of esters is 1. The van der Waals surface area contributed by atoms with Crippen LogP contribution >= 0.6 is 0 Å². The van der Waals surface area contributed by atoms with Crippen LogP contribution in [0.15, 0.2) is 42.1 Å². The number of hydrogen-bond donors (Lipinski definition) is 1. The highest BCUT2D eigenvalue weighted by Gasteiger charge is 2.53. The second-order valence-corrected chi connectivity index (χ2v) is 8.48. The third-order valence-electron chi connectivity index (χ3n) is 6.83. The minimum Gasteiger partial charge on any atom is -0.466 e. The summed E-state index contributed by atoms with van der Waals surface area (Å²) in [5, 5.41) is 1.27. The lowest BCUT2D eigenvalue weighted by atomic mass is 9.70. The molecule has 6 nitrogen and oxygen atoms in total. The van der Waals surface area contributed by atoms with Crippen molar-refractivity contribution >= 4 is 16.9 Å². The molecule has 1 N–H and O–H groups in total. The van der Waals surface area contributed by atoms with Gasteiger partial charge in [0.05, 0.1) is 25.9 Å². The molecule has 0 saturated carbocycles. The minimum absolute atomic E-state index is 0.0410. The Hall–Kier alpha value is -2.15. The normalized spacial score (nSPS) is 28.6. The van der Waals surface area contributed by atoms with Crippen molar-refractivity contribution in [3.8, 4) is 0 Å². The monoisotopic (exact) mass is 396 g/mol. The Kier molecular flexibility index (Phi) is 4.73. The zero-order valence-electron chi connectivity index (χ0n) is 17.0. The fourth-order valence-electron chi connectivity index (χ4n) is 5.47. The van der Waals surface area contributed by atoms with Crippen molar-refractivity contribution in [3.05, 3.63) is 47.7 Å². The summed E-state index contributed by atoms with van der Waals surface area (Å²) in [5.74, 6) is -0.448. The van der Waals surface area contributed by atoms with Crippen molar-refractivity contribution in [2.24, 2.45) is 11.8 Å². The number of hydrogen-bond acceptors (Lipinski definition) is 5. The van der Waals surface area contributed by atoms with Crippen LogP contribution < -0.4 is 0 Å². The summed E-state index contributed by atoms with van der Waals surface area (Å²) in [6, 6.07) is 8.35. The van der Waals surface area contributed by atoms with Crippen LogP contribution in [-0.4, -0.2) is 61.1 Å². The van der Waals surface area contributed by atoms with Gasteiger partial charge in [-0.2, -0.15) is 0 Å². The topological polar surface area (TPSA) is 63.8 Å². The van der Waals surface area contributed by atoms with Crippen molar-refractivity contribution in [2.45, 2.75) is 31.6 Å². The van der Waals surface area contributed by atoms with Crippen LogP contribution in [0.1, 0.15) is 18.9 Å². The Morgan fingerprint density at radius 2 is 2.10 bits per heavy atom. The fourth-order valence-corrected chi connectivity index (χ4v) is 5.47. The number of aromatic amines is 1. The van der Waals surface area contributed by atoms with Gasteiger partial charge in [0.25, 0.3) is 0 Å². The Balaban J connectivity index is 1.42. The first-order chi connectivity index (χ1) is 14.1. The first kappa shape index (κ1) is 18.9. The molecule has 4 heterocycles. The molecule has 1 aromatic carbocycles. The molecule has 154 valence electrons. The van der Waals surface area contributed by atoms with Gasteiger partial charge in [-0.3, -0.25) is 4.90 Å². The molecule has 0 unspecified atom stereocenters. The molecule has 0 spiro atoms. The van der Waals surface area contributed by atoms with Gasteiger partial charge in [-0.05, 0) is 37.3 Å². The first-order valence-electron chi connectivity index (χ1n) is 10.5. The lowest BCUT2D eigenvalue weighted by Crippen LogP contribution is -2.60.